The minimum absolute atomic E-state index is 0. The van der Waals surface area contributed by atoms with Gasteiger partial charge in [0.25, 0.3) is 0 Å². The normalized spacial score (nSPS) is 7.38. The molecule has 0 fully saturated rings. The molecule has 0 amide bonds. The molecule has 0 heterocycles. The van der Waals surface area contributed by atoms with Crippen LogP contribution in [-0.4, -0.2) is 14.7 Å². The van der Waals surface area contributed by atoms with E-state index in [9.17, 15) is 0 Å². The Morgan fingerprint density at radius 1 is 1.12 bits per heavy atom. The summed E-state index contributed by atoms with van der Waals surface area (Å²) < 4.78 is 8.88. The van der Waals surface area contributed by atoms with E-state index in [-0.39, 0.29) is 71.9 Å². The van der Waals surface area contributed by atoms with Crippen LogP contribution in [0.2, 0.25) is 0 Å². The Morgan fingerprint density at radius 2 is 1.12 bits per heavy atom. The van der Waals surface area contributed by atoms with Crippen LogP contribution in [0.25, 0.3) is 0 Å². The van der Waals surface area contributed by atoms with E-state index < -0.39 is 7.82 Å². The molecular formula is H8Na2O4P2. The van der Waals surface area contributed by atoms with Crippen molar-refractivity contribution in [3.8, 4) is 0 Å². The van der Waals surface area contributed by atoms with Crippen LogP contribution in [0.4, 0.5) is 0 Å². The van der Waals surface area contributed by atoms with Gasteiger partial charge in [-0.3, -0.25) is 0 Å². The second-order valence-corrected chi connectivity index (χ2v) is 1.54. The summed E-state index contributed by atoms with van der Waals surface area (Å²) in [7, 11) is -4.64. The van der Waals surface area contributed by atoms with Crippen molar-refractivity contribution >= 4 is 17.7 Å². The zero-order valence-corrected chi connectivity index (χ0v) is 11.2. The summed E-state index contributed by atoms with van der Waals surface area (Å²) in [6.07, 6.45) is 0. The van der Waals surface area contributed by atoms with Gasteiger partial charge in [-0.1, -0.05) is 0 Å². The molecule has 3 N–H and O–H groups in total. The third kappa shape index (κ3) is 75.3. The molecule has 8 heteroatoms. The van der Waals surface area contributed by atoms with Crippen LogP contribution >= 0.6 is 17.7 Å². The maximum absolute atomic E-state index is 8.88. The van der Waals surface area contributed by atoms with E-state index in [4.69, 9.17) is 19.2 Å². The minimum atomic E-state index is -4.64. The van der Waals surface area contributed by atoms with Crippen LogP contribution in [0.3, 0.4) is 0 Å². The zero-order valence-electron chi connectivity index (χ0n) is 6.90. The Hall–Kier alpha value is 2.54. The van der Waals surface area contributed by atoms with Gasteiger partial charge in [-0.2, -0.15) is 9.90 Å². The summed E-state index contributed by atoms with van der Waals surface area (Å²) in [5.74, 6) is 0. The van der Waals surface area contributed by atoms with Gasteiger partial charge < -0.3 is 17.5 Å². The molecule has 0 radical (unpaired) electrons. The van der Waals surface area contributed by atoms with Crippen molar-refractivity contribution in [3.63, 3.8) is 0 Å². The van der Waals surface area contributed by atoms with Crippen LogP contribution in [0.15, 0.2) is 0 Å². The number of hydrogen-bond donors (Lipinski definition) is 3. The molecule has 0 spiro atoms. The quantitative estimate of drug-likeness (QED) is 0.256. The predicted octanol–water partition coefficient (Wildman–Crippen LogP) is -6.64. The molecule has 0 rings (SSSR count). The standard InChI is InChI=1S/2Na.H3O4P.H3P.2H/c;;1-5(2,3)4;;;/h;;(H3,1,2,3,4);1H3;;/q2*+1;;;2*-1. The summed E-state index contributed by atoms with van der Waals surface area (Å²) in [5.41, 5.74) is 0. The molecule has 0 aromatic rings. The van der Waals surface area contributed by atoms with E-state index in [0.717, 1.165) is 0 Å². The molecule has 0 aliphatic rings. The first-order chi connectivity index (χ1) is 2.00. The SMILES string of the molecule is O=P(O)(O)O.P.[H-].[H-].[Na+].[Na+]. The Balaban J connectivity index is -0.00000000800. The molecule has 1 unspecified atom stereocenters. The van der Waals surface area contributed by atoms with Crippen molar-refractivity contribution in [1.82, 2.24) is 0 Å². The summed E-state index contributed by atoms with van der Waals surface area (Å²) in [6, 6.07) is 0. The number of rotatable bonds is 0. The topological polar surface area (TPSA) is 77.8 Å². The number of hydrogen-bond acceptors (Lipinski definition) is 1. The van der Waals surface area contributed by atoms with E-state index in [1.807, 2.05) is 0 Å². The third-order valence-corrected chi connectivity index (χ3v) is 0. The molecule has 44 valence electrons. The molecule has 0 aromatic carbocycles. The molecule has 4 nitrogen and oxygen atoms in total. The summed E-state index contributed by atoms with van der Waals surface area (Å²) in [4.78, 5) is 21.6. The molecule has 8 heavy (non-hydrogen) atoms. The third-order valence-electron chi connectivity index (χ3n) is 0. The van der Waals surface area contributed by atoms with Gasteiger partial charge in [0.1, 0.15) is 0 Å². The maximum atomic E-state index is 8.88. The van der Waals surface area contributed by atoms with Gasteiger partial charge in [0.05, 0.1) is 0 Å². The fraction of sp³-hybridized carbons (Fsp3) is 0. The van der Waals surface area contributed by atoms with Gasteiger partial charge >= 0.3 is 66.9 Å². The van der Waals surface area contributed by atoms with E-state index in [1.54, 1.807) is 0 Å². The average Bonchev–Trinajstić information content (AvgIpc) is 0.722. The van der Waals surface area contributed by atoms with Crippen molar-refractivity contribution in [2.75, 3.05) is 0 Å². The maximum Gasteiger partial charge on any atom is 1.00 e. The van der Waals surface area contributed by atoms with E-state index >= 15 is 0 Å². The van der Waals surface area contributed by atoms with Gasteiger partial charge in [0.2, 0.25) is 0 Å². The smallest absolute Gasteiger partial charge is 1.00 e. The Kier molecular flexibility index (Phi) is 26.7. The molecule has 0 aliphatic heterocycles. The van der Waals surface area contributed by atoms with E-state index in [2.05, 4.69) is 0 Å². The Bertz CT molecular complexity index is 65.4. The monoisotopic (exact) mass is 180 g/mol. The molecule has 0 bridgehead atoms. The molecule has 0 aliphatic carbocycles. The van der Waals surface area contributed by atoms with Gasteiger partial charge in [-0.25, -0.2) is 4.57 Å². The van der Waals surface area contributed by atoms with Crippen molar-refractivity contribution < 1.29 is 81.2 Å². The summed E-state index contributed by atoms with van der Waals surface area (Å²) >= 11 is 0. The molecular weight excluding hydrogens is 172 g/mol. The van der Waals surface area contributed by atoms with Gasteiger partial charge in [0.15, 0.2) is 0 Å². The first-order valence-electron chi connectivity index (χ1n) is 0.783. The van der Waals surface area contributed by atoms with E-state index in [0.29, 0.717) is 0 Å². The minimum Gasteiger partial charge on any atom is -1.00 e. The zero-order chi connectivity index (χ0) is 4.50. The van der Waals surface area contributed by atoms with Crippen molar-refractivity contribution in [1.29, 1.82) is 0 Å². The molecule has 0 saturated heterocycles. The van der Waals surface area contributed by atoms with Crippen LogP contribution in [-0.2, 0) is 4.57 Å². The Morgan fingerprint density at radius 3 is 1.12 bits per heavy atom. The first-order valence-corrected chi connectivity index (χ1v) is 2.35. The van der Waals surface area contributed by atoms with Crippen LogP contribution in [0, 0.1) is 0 Å². The fourth-order valence-electron chi connectivity index (χ4n) is 0. The predicted molar refractivity (Wildman–Crippen MR) is 27.6 cm³/mol. The fourth-order valence-corrected chi connectivity index (χ4v) is 0. The van der Waals surface area contributed by atoms with Crippen molar-refractivity contribution in [3.05, 3.63) is 0 Å². The van der Waals surface area contributed by atoms with Gasteiger partial charge in [-0.15, -0.1) is 0 Å². The molecule has 1 atom stereocenters. The van der Waals surface area contributed by atoms with E-state index in [1.165, 1.54) is 0 Å². The Labute approximate surface area is 97.9 Å². The van der Waals surface area contributed by atoms with Crippen LogP contribution < -0.4 is 59.1 Å². The second kappa shape index (κ2) is 9.54. The molecule has 0 aromatic heterocycles. The first kappa shape index (κ1) is 22.4. The largest absolute Gasteiger partial charge is 1.00 e. The number of phosphoric acid groups is 1. The second-order valence-electron chi connectivity index (χ2n) is 0.513. The van der Waals surface area contributed by atoms with Crippen molar-refractivity contribution in [2.24, 2.45) is 0 Å². The van der Waals surface area contributed by atoms with Crippen LogP contribution in [0.5, 0.6) is 0 Å². The van der Waals surface area contributed by atoms with Gasteiger partial charge in [-0.05, 0) is 0 Å². The van der Waals surface area contributed by atoms with Crippen LogP contribution in [0.1, 0.15) is 2.85 Å². The summed E-state index contributed by atoms with van der Waals surface area (Å²) in [6.45, 7) is 0. The average molecular weight is 180 g/mol. The molecule has 0 saturated carbocycles. The summed E-state index contributed by atoms with van der Waals surface area (Å²) in [5, 5.41) is 0. The van der Waals surface area contributed by atoms with Crippen molar-refractivity contribution in [2.45, 2.75) is 0 Å². The van der Waals surface area contributed by atoms with Gasteiger partial charge in [0, 0.05) is 0 Å².